The van der Waals surface area contributed by atoms with Gasteiger partial charge in [-0.15, -0.1) is 0 Å². The molecule has 1 aliphatic rings. The van der Waals surface area contributed by atoms with Crippen molar-refractivity contribution < 1.29 is 26.0 Å². The van der Waals surface area contributed by atoms with Crippen molar-refractivity contribution in [1.29, 1.82) is 0 Å². The van der Waals surface area contributed by atoms with Crippen molar-refractivity contribution in [3.63, 3.8) is 0 Å². The summed E-state index contributed by atoms with van der Waals surface area (Å²) in [6.45, 7) is 21.1. The van der Waals surface area contributed by atoms with Gasteiger partial charge in [0.1, 0.15) is 0 Å². The lowest BCUT2D eigenvalue weighted by atomic mass is 9.75. The molecule has 0 saturated carbocycles. The molecular weight excluding hydrogens is 1360 g/mol. The summed E-state index contributed by atoms with van der Waals surface area (Å²) in [7, 11) is 0. The third kappa shape index (κ3) is 12.8. The van der Waals surface area contributed by atoms with Gasteiger partial charge in [-0.05, 0) is 196 Å². The Hall–Kier alpha value is -13.1. The SMILES string of the molecule is [2H]c1c([2H])c([2H])c(-c2cccc3c2c2c(C(C)(C)C)c(-c4c([2H])c([2H])c([2H])c(C)c4[2H])ccc2n3-c2ccccc2)c([2H])c1[2H].[2H]c1c([2H])c([2H])c(-c2cccc3c2c2c(C(C)(C)C)c(-c4ccccc4)ccc2n3-c2ccccc2)c([2H])c1[2H].[2H]c1c([2H])c([2H])c(-c2cccc3c2c2c(C(C)(C)C)c(C4c5ccccc5-c5ccccc54)ccc2n3-c2ccccc2)c([2H])c1[2H]. The second-order valence-corrected chi connectivity index (χ2v) is 32.0. The predicted molar refractivity (Wildman–Crippen MR) is 483 cm³/mol. The Morgan fingerprint density at radius 3 is 0.920 bits per heavy atom. The van der Waals surface area contributed by atoms with Crippen LogP contribution in [-0.4, -0.2) is 13.7 Å². The van der Waals surface area contributed by atoms with Gasteiger partial charge in [0.25, 0.3) is 0 Å². The lowest BCUT2D eigenvalue weighted by Crippen LogP contribution is -2.17. The molecule has 1 aliphatic carbocycles. The number of rotatable bonds is 9. The topological polar surface area (TPSA) is 14.8 Å². The minimum atomic E-state index is -0.577. The maximum atomic E-state index is 8.99. The molecule has 0 fully saturated rings. The second-order valence-electron chi connectivity index (χ2n) is 32.0. The van der Waals surface area contributed by atoms with Crippen LogP contribution in [-0.2, 0) is 16.2 Å². The molecule has 0 unspecified atom stereocenters. The first-order valence-electron chi connectivity index (χ1n) is 47.9. The predicted octanol–water partition coefficient (Wildman–Crippen LogP) is 30.0. The second kappa shape index (κ2) is 29.0. The Kier molecular flexibility index (Phi) is 13.6. The van der Waals surface area contributed by atoms with E-state index in [0.717, 1.165) is 99.3 Å². The van der Waals surface area contributed by atoms with E-state index in [1.807, 2.05) is 154 Å². The molecule has 16 aromatic carbocycles. The number of hydrogen-bond donors (Lipinski definition) is 0. The van der Waals surface area contributed by atoms with Crippen molar-refractivity contribution in [1.82, 2.24) is 13.7 Å². The molecule has 3 aromatic heterocycles. The molecule has 0 N–H and O–H groups in total. The van der Waals surface area contributed by atoms with Gasteiger partial charge in [-0.2, -0.15) is 0 Å². The van der Waals surface area contributed by atoms with E-state index in [0.29, 0.717) is 33.2 Å². The first-order chi connectivity index (χ1) is 62.9. The van der Waals surface area contributed by atoms with Gasteiger partial charge in [0.15, 0.2) is 0 Å². The van der Waals surface area contributed by atoms with Crippen LogP contribution in [0, 0.1) is 6.92 Å². The highest BCUT2D eigenvalue weighted by Crippen LogP contribution is 2.55. The molecular formula is C110H93N3. The van der Waals surface area contributed by atoms with Gasteiger partial charge in [-0.3, -0.25) is 0 Å². The highest BCUT2D eigenvalue weighted by Gasteiger charge is 2.37. The van der Waals surface area contributed by atoms with E-state index in [1.54, 1.807) is 13.0 Å². The highest BCUT2D eigenvalue weighted by molar-refractivity contribution is 6.21. The molecule has 0 bridgehead atoms. The Balaban J connectivity index is 0.000000133. The van der Waals surface area contributed by atoms with E-state index < -0.39 is 23.5 Å². The average Bonchev–Trinajstić information content (AvgIpc) is 1.54. The van der Waals surface area contributed by atoms with Crippen molar-refractivity contribution in [2.45, 2.75) is 91.4 Å². The Bertz CT molecular complexity index is 7830. The van der Waals surface area contributed by atoms with Crippen molar-refractivity contribution in [2.75, 3.05) is 0 Å². The van der Waals surface area contributed by atoms with E-state index in [4.69, 9.17) is 26.0 Å². The van der Waals surface area contributed by atoms with E-state index in [-0.39, 0.29) is 136 Å². The van der Waals surface area contributed by atoms with Crippen LogP contribution in [0.3, 0.4) is 0 Å². The third-order valence-corrected chi connectivity index (χ3v) is 21.8. The standard InChI is InChI=1S/C41H33N.C35H31N.C34H29N/c1-41(2,3)40-34(37-32-21-12-10-19-30(32)31-20-11-13-22-33(31)37)25-26-36-39(40)38-29(27-15-6-4-7-16-27)23-14-24-35(38)42(36)28-17-8-5-9-18-28;1-24-13-11-16-26(23-24)29-21-22-31-33(34(29)35(2,3)4)32-28(25-14-7-5-8-15-25)19-12-20-30(32)36(31)27-17-9-6-10-18-27;1-34(2,3)33-28(25-16-9-5-10-17-25)22-23-30-32(33)31-27(24-14-7-4-8-15-24)20-13-21-29(31)35(30)26-18-11-6-12-19-26/h4-26,37H,1-3H3;5-23H,1-4H3;4-23H,1-3H3/i4D,6D,7D,15D,16D;5D,7D,8D,11D,13D,14D,15D,16D,23D;4D,7D,8D,14D,15D. The number of para-hydroxylation sites is 3. The summed E-state index contributed by atoms with van der Waals surface area (Å²) in [5.74, 6) is 0.0177. The molecule has 0 aliphatic heterocycles. The summed E-state index contributed by atoms with van der Waals surface area (Å²) in [4.78, 5) is 0. The molecule has 0 saturated heterocycles. The van der Waals surface area contributed by atoms with Gasteiger partial charge in [-0.25, -0.2) is 0 Å². The normalized spacial score (nSPS) is 14.7. The van der Waals surface area contributed by atoms with Crippen LogP contribution in [0.4, 0.5) is 0 Å². The molecule has 20 rings (SSSR count). The molecule has 548 valence electrons. The van der Waals surface area contributed by atoms with Crippen LogP contribution in [0.25, 0.3) is 149 Å². The summed E-state index contributed by atoms with van der Waals surface area (Å²) in [5, 5.41) is 5.27. The molecule has 3 heteroatoms. The summed E-state index contributed by atoms with van der Waals surface area (Å²) in [6, 6.07) is 82.3. The monoisotopic (exact) mass is 1470 g/mol. The van der Waals surface area contributed by atoms with E-state index in [2.05, 4.69) is 177 Å². The zero-order valence-electron chi connectivity index (χ0n) is 83.7. The molecule has 113 heavy (non-hydrogen) atoms. The van der Waals surface area contributed by atoms with Crippen LogP contribution in [0.15, 0.2) is 376 Å². The minimum absolute atomic E-state index is 0.0171. The summed E-state index contributed by atoms with van der Waals surface area (Å²) in [5.41, 5.74) is 22.2. The van der Waals surface area contributed by atoms with Crippen LogP contribution in [0.1, 0.15) is 133 Å². The van der Waals surface area contributed by atoms with E-state index in [1.165, 1.54) is 33.4 Å². The van der Waals surface area contributed by atoms with Gasteiger partial charge in [0, 0.05) is 55.3 Å². The van der Waals surface area contributed by atoms with Crippen LogP contribution >= 0.6 is 0 Å². The lowest BCUT2D eigenvalue weighted by molar-refractivity contribution is 0.587. The van der Waals surface area contributed by atoms with Gasteiger partial charge < -0.3 is 13.7 Å². The smallest absolute Gasteiger partial charge is 0.0632 e. The summed E-state index contributed by atoms with van der Waals surface area (Å²) < 4.78 is 170. The van der Waals surface area contributed by atoms with Crippen LogP contribution in [0.2, 0.25) is 0 Å². The van der Waals surface area contributed by atoms with Crippen LogP contribution in [0.5, 0.6) is 0 Å². The summed E-state index contributed by atoms with van der Waals surface area (Å²) in [6.07, 6.45) is 0. The third-order valence-electron chi connectivity index (χ3n) is 21.8. The summed E-state index contributed by atoms with van der Waals surface area (Å²) >= 11 is 0. The number of nitrogens with zero attached hydrogens (tertiary/aromatic N) is 3. The number of aromatic nitrogens is 3. The first-order valence-corrected chi connectivity index (χ1v) is 38.4. The number of benzene rings is 16. The lowest BCUT2D eigenvalue weighted by Gasteiger charge is -2.28. The fourth-order valence-corrected chi connectivity index (χ4v) is 17.5. The van der Waals surface area contributed by atoms with E-state index >= 15 is 0 Å². The molecule has 0 radical (unpaired) electrons. The molecule has 19 aromatic rings. The zero-order chi connectivity index (χ0) is 93.8. The molecule has 3 nitrogen and oxygen atoms in total. The fraction of sp³-hybridized carbons (Fsp3) is 0.127. The Morgan fingerprint density at radius 2 is 0.540 bits per heavy atom. The van der Waals surface area contributed by atoms with Gasteiger partial charge in [-0.1, -0.05) is 371 Å². The van der Waals surface area contributed by atoms with Gasteiger partial charge >= 0.3 is 0 Å². The van der Waals surface area contributed by atoms with Crippen LogP contribution < -0.4 is 0 Å². The average molecular weight is 1480 g/mol. The maximum absolute atomic E-state index is 8.99. The van der Waals surface area contributed by atoms with Gasteiger partial charge in [0.2, 0.25) is 0 Å². The minimum Gasteiger partial charge on any atom is -0.309 e. The number of hydrogen-bond acceptors (Lipinski definition) is 0. The molecule has 0 amide bonds. The fourth-order valence-electron chi connectivity index (χ4n) is 17.5. The molecule has 0 atom stereocenters. The van der Waals surface area contributed by atoms with E-state index in [9.17, 15) is 0 Å². The van der Waals surface area contributed by atoms with Crippen molar-refractivity contribution in [3.8, 4) is 83.8 Å². The highest BCUT2D eigenvalue weighted by atomic mass is 15.0. The Morgan fingerprint density at radius 1 is 0.230 bits per heavy atom. The van der Waals surface area contributed by atoms with Crippen molar-refractivity contribution >= 4 is 65.4 Å². The largest absolute Gasteiger partial charge is 0.309 e. The molecule has 0 spiro atoms. The zero-order valence-corrected chi connectivity index (χ0v) is 64.7. The Labute approximate surface area is 691 Å². The maximum Gasteiger partial charge on any atom is 0.0632 e. The quantitative estimate of drug-likeness (QED) is 0.137. The van der Waals surface area contributed by atoms with Gasteiger partial charge in [0.05, 0.1) is 59.1 Å². The first kappa shape index (κ1) is 52.9. The molecule has 3 heterocycles. The van der Waals surface area contributed by atoms with Crippen molar-refractivity contribution in [3.05, 3.63) is 415 Å². The number of fused-ring (bicyclic) bond motifs is 12. The van der Waals surface area contributed by atoms with Crippen molar-refractivity contribution in [2.24, 2.45) is 0 Å².